The Morgan fingerprint density at radius 3 is 2.48 bits per heavy atom. The van der Waals surface area contributed by atoms with Crippen LogP contribution in [0.2, 0.25) is 20.1 Å². The summed E-state index contributed by atoms with van der Waals surface area (Å²) in [4.78, 5) is 12.6. The van der Waals surface area contributed by atoms with E-state index in [0.717, 1.165) is 5.56 Å². The van der Waals surface area contributed by atoms with Crippen LogP contribution in [0.1, 0.15) is 15.9 Å². The number of hydrogen-bond acceptors (Lipinski definition) is 2. The molecule has 0 spiro atoms. The minimum atomic E-state index is -0.658. The van der Waals surface area contributed by atoms with Crippen LogP contribution in [0.4, 0.5) is 0 Å². The molecule has 3 rings (SSSR count). The molecule has 108 valence electrons. The monoisotopic (exact) mass is 360 g/mol. The molecule has 2 nitrogen and oxygen atoms in total. The normalized spacial score (nSPS) is 16.5. The quantitative estimate of drug-likeness (QED) is 0.401. The van der Waals surface area contributed by atoms with Crippen LogP contribution in [0, 0.1) is 0 Å². The molecule has 1 aliphatic heterocycles. The third-order valence-corrected chi connectivity index (χ3v) is 4.86. The van der Waals surface area contributed by atoms with Gasteiger partial charge in [0, 0.05) is 6.42 Å². The van der Waals surface area contributed by atoms with Crippen molar-refractivity contribution in [2.45, 2.75) is 12.5 Å². The molecule has 1 unspecified atom stereocenters. The van der Waals surface area contributed by atoms with Gasteiger partial charge in [0.1, 0.15) is 5.75 Å². The zero-order valence-corrected chi connectivity index (χ0v) is 13.5. The van der Waals surface area contributed by atoms with Gasteiger partial charge in [-0.15, -0.1) is 0 Å². The molecule has 0 N–H and O–H groups in total. The molecule has 0 aliphatic carbocycles. The average Bonchev–Trinajstić information content (AvgIpc) is 2.88. The Labute approximate surface area is 141 Å². The number of Topliss-reactive ketones (excluding diaryl/α,β-unsaturated/α-hetero) is 1. The fourth-order valence-corrected chi connectivity index (χ4v) is 3.38. The first kappa shape index (κ1) is 15.0. The van der Waals surface area contributed by atoms with Gasteiger partial charge in [0.05, 0.1) is 25.7 Å². The lowest BCUT2D eigenvalue weighted by Crippen LogP contribution is -2.26. The van der Waals surface area contributed by atoms with E-state index in [-0.39, 0.29) is 31.4 Å². The number of carbonyl (C=O) groups excluding carboxylic acids is 1. The molecule has 0 saturated carbocycles. The summed E-state index contributed by atoms with van der Waals surface area (Å²) in [5.74, 6) is 0.392. The van der Waals surface area contributed by atoms with E-state index in [1.165, 1.54) is 6.07 Å². The van der Waals surface area contributed by atoms with Crippen LogP contribution in [0.3, 0.4) is 0 Å². The van der Waals surface area contributed by atoms with Gasteiger partial charge in [0.2, 0.25) is 5.78 Å². The van der Waals surface area contributed by atoms with Crippen LogP contribution < -0.4 is 4.74 Å². The van der Waals surface area contributed by atoms with E-state index in [4.69, 9.17) is 51.1 Å². The number of para-hydroxylation sites is 1. The van der Waals surface area contributed by atoms with Crippen LogP contribution in [0.5, 0.6) is 5.75 Å². The smallest absolute Gasteiger partial charge is 0.206 e. The van der Waals surface area contributed by atoms with E-state index in [1.54, 1.807) is 0 Å². The SMILES string of the molecule is O=C(c1c(Cl)cc(Cl)c(Cl)c1Cl)C1Cc2ccccc2O1. The van der Waals surface area contributed by atoms with Crippen molar-refractivity contribution in [3.63, 3.8) is 0 Å². The highest BCUT2D eigenvalue weighted by molar-refractivity contribution is 6.51. The highest BCUT2D eigenvalue weighted by Crippen LogP contribution is 2.39. The first-order valence-corrected chi connectivity index (χ1v) is 7.62. The van der Waals surface area contributed by atoms with Gasteiger partial charge < -0.3 is 4.74 Å². The molecule has 0 aromatic heterocycles. The van der Waals surface area contributed by atoms with Crippen LogP contribution in [0.25, 0.3) is 0 Å². The fourth-order valence-electron chi connectivity index (χ4n) is 2.28. The number of ether oxygens (including phenoxy) is 1. The third-order valence-electron chi connectivity index (χ3n) is 3.30. The predicted molar refractivity (Wildman–Crippen MR) is 85.4 cm³/mol. The molecule has 0 radical (unpaired) electrons. The van der Waals surface area contributed by atoms with Crippen molar-refractivity contribution in [1.29, 1.82) is 0 Å². The number of fused-ring (bicyclic) bond motifs is 1. The molecule has 0 saturated heterocycles. The summed E-state index contributed by atoms with van der Waals surface area (Å²) in [5, 5.41) is 0.540. The van der Waals surface area contributed by atoms with Gasteiger partial charge in [-0.05, 0) is 17.7 Å². The lowest BCUT2D eigenvalue weighted by atomic mass is 10.0. The Balaban J connectivity index is 1.97. The average molecular weight is 362 g/mol. The maximum atomic E-state index is 12.6. The Kier molecular flexibility index (Phi) is 4.06. The Bertz CT molecular complexity index is 718. The Morgan fingerprint density at radius 1 is 1.05 bits per heavy atom. The zero-order valence-electron chi connectivity index (χ0n) is 10.5. The van der Waals surface area contributed by atoms with Gasteiger partial charge in [-0.3, -0.25) is 4.79 Å². The summed E-state index contributed by atoms with van der Waals surface area (Å²) in [6.45, 7) is 0. The maximum Gasteiger partial charge on any atom is 0.206 e. The number of halogens is 4. The molecule has 21 heavy (non-hydrogen) atoms. The number of ketones is 1. The molecule has 1 aliphatic rings. The van der Waals surface area contributed by atoms with E-state index in [2.05, 4.69) is 0 Å². The highest BCUT2D eigenvalue weighted by Gasteiger charge is 2.33. The van der Waals surface area contributed by atoms with Crippen molar-refractivity contribution >= 4 is 52.2 Å². The summed E-state index contributed by atoms with van der Waals surface area (Å²) in [6, 6.07) is 8.90. The second kappa shape index (κ2) is 5.69. The summed E-state index contributed by atoms with van der Waals surface area (Å²) < 4.78 is 5.66. The maximum absolute atomic E-state index is 12.6. The van der Waals surface area contributed by atoms with E-state index in [0.29, 0.717) is 12.2 Å². The van der Waals surface area contributed by atoms with Crippen molar-refractivity contribution in [2.75, 3.05) is 0 Å². The summed E-state index contributed by atoms with van der Waals surface area (Å²) >= 11 is 24.1. The number of carbonyl (C=O) groups is 1. The van der Waals surface area contributed by atoms with Crippen molar-refractivity contribution in [3.8, 4) is 5.75 Å². The van der Waals surface area contributed by atoms with E-state index in [1.807, 2.05) is 24.3 Å². The topological polar surface area (TPSA) is 26.3 Å². The summed E-state index contributed by atoms with van der Waals surface area (Å²) in [7, 11) is 0. The predicted octanol–water partition coefficient (Wildman–Crippen LogP) is 5.49. The van der Waals surface area contributed by atoms with Gasteiger partial charge in [-0.1, -0.05) is 64.6 Å². The van der Waals surface area contributed by atoms with Gasteiger partial charge in [-0.25, -0.2) is 0 Å². The minimum Gasteiger partial charge on any atom is -0.482 e. The second-order valence-corrected chi connectivity index (χ2v) is 6.20. The number of rotatable bonds is 2. The van der Waals surface area contributed by atoms with Crippen LogP contribution in [0.15, 0.2) is 30.3 Å². The molecule has 2 aromatic rings. The van der Waals surface area contributed by atoms with Gasteiger partial charge in [0.15, 0.2) is 6.10 Å². The van der Waals surface area contributed by atoms with Crippen LogP contribution >= 0.6 is 46.4 Å². The van der Waals surface area contributed by atoms with E-state index >= 15 is 0 Å². The molecular weight excluding hydrogens is 354 g/mol. The Hall–Kier alpha value is -0.930. The Morgan fingerprint density at radius 2 is 1.76 bits per heavy atom. The molecule has 1 atom stereocenters. The van der Waals surface area contributed by atoms with Gasteiger partial charge in [-0.2, -0.15) is 0 Å². The molecule has 1 heterocycles. The summed E-state index contributed by atoms with van der Waals surface area (Å²) in [6.07, 6.45) is -0.184. The van der Waals surface area contributed by atoms with Gasteiger partial charge >= 0.3 is 0 Å². The molecule has 0 amide bonds. The number of hydrogen-bond donors (Lipinski definition) is 0. The minimum absolute atomic E-state index is 0.0544. The zero-order chi connectivity index (χ0) is 15.1. The van der Waals surface area contributed by atoms with Crippen molar-refractivity contribution in [1.82, 2.24) is 0 Å². The number of benzene rings is 2. The molecule has 6 heteroatoms. The molecule has 2 aromatic carbocycles. The van der Waals surface area contributed by atoms with Crippen LogP contribution in [-0.2, 0) is 6.42 Å². The fraction of sp³-hybridized carbons (Fsp3) is 0.133. The van der Waals surface area contributed by atoms with Crippen molar-refractivity contribution in [2.24, 2.45) is 0 Å². The second-order valence-electron chi connectivity index (χ2n) is 4.63. The first-order chi connectivity index (χ1) is 9.99. The lowest BCUT2D eigenvalue weighted by molar-refractivity contribution is 0.0825. The third kappa shape index (κ3) is 2.62. The molecule has 0 bridgehead atoms. The van der Waals surface area contributed by atoms with Crippen molar-refractivity contribution < 1.29 is 9.53 Å². The summed E-state index contributed by atoms with van der Waals surface area (Å²) in [5.41, 5.74) is 1.12. The van der Waals surface area contributed by atoms with Gasteiger partial charge in [0.25, 0.3) is 0 Å². The molecular formula is C15H8Cl4O2. The highest BCUT2D eigenvalue weighted by atomic mass is 35.5. The largest absolute Gasteiger partial charge is 0.482 e. The molecule has 0 fully saturated rings. The van der Waals surface area contributed by atoms with E-state index in [9.17, 15) is 4.79 Å². The lowest BCUT2D eigenvalue weighted by Gasteiger charge is -2.13. The van der Waals surface area contributed by atoms with Crippen molar-refractivity contribution in [3.05, 3.63) is 61.5 Å². The van der Waals surface area contributed by atoms with Crippen LogP contribution in [-0.4, -0.2) is 11.9 Å². The standard InChI is InChI=1S/C15H8Cl4O2/c16-8-6-9(17)13(18)14(19)12(8)15(20)11-5-7-3-1-2-4-10(7)21-11/h1-4,6,11H,5H2. The first-order valence-electron chi connectivity index (χ1n) is 6.11. The van der Waals surface area contributed by atoms with E-state index < -0.39 is 6.10 Å².